The van der Waals surface area contributed by atoms with Crippen LogP contribution in [0.15, 0.2) is 18.2 Å². The van der Waals surface area contributed by atoms with Gasteiger partial charge in [0.2, 0.25) is 0 Å². The molecular weight excluding hydrogens is 180 g/mol. The van der Waals surface area contributed by atoms with Crippen molar-refractivity contribution in [1.82, 2.24) is 0 Å². The van der Waals surface area contributed by atoms with Gasteiger partial charge in [-0.2, -0.15) is 0 Å². The normalized spacial score (nSPS) is 9.93. The molecule has 1 rings (SSSR count). The van der Waals surface area contributed by atoms with Crippen LogP contribution in [0.1, 0.15) is 13.8 Å². The van der Waals surface area contributed by atoms with Crippen LogP contribution in [-0.4, -0.2) is 23.4 Å². The number of aromatic hydroxyl groups is 1. The molecule has 14 heavy (non-hydrogen) atoms. The maximum absolute atomic E-state index is 9.48. The molecule has 0 fully saturated rings. The fraction of sp³-hybridized carbons (Fsp3) is 0.400. The maximum Gasteiger partial charge on any atom is 0.143 e. The van der Waals surface area contributed by atoms with E-state index in [9.17, 15) is 5.11 Å². The lowest BCUT2D eigenvalue weighted by Crippen LogP contribution is -2.21. The van der Waals surface area contributed by atoms with Crippen LogP contribution in [0.25, 0.3) is 0 Å². The van der Waals surface area contributed by atoms with Crippen LogP contribution in [0, 0.1) is 0 Å². The molecule has 0 aromatic heterocycles. The van der Waals surface area contributed by atoms with Crippen molar-refractivity contribution in [3.63, 3.8) is 0 Å². The average Bonchev–Trinajstić information content (AvgIpc) is 2.20. The van der Waals surface area contributed by atoms with Crippen LogP contribution >= 0.6 is 0 Å². The molecule has 0 bridgehead atoms. The third-order valence-electron chi connectivity index (χ3n) is 2.23. The number of nitrogens with zero attached hydrogens (tertiary/aromatic N) is 1. The Morgan fingerprint density at radius 2 is 1.93 bits per heavy atom. The summed E-state index contributed by atoms with van der Waals surface area (Å²) >= 11 is 0. The van der Waals surface area contributed by atoms with Gasteiger partial charge in [-0.3, -0.25) is 10.7 Å². The Labute approximate surface area is 83.7 Å². The quantitative estimate of drug-likeness (QED) is 0.509. The summed E-state index contributed by atoms with van der Waals surface area (Å²) in [5.74, 6) is 0.0527. The molecule has 0 aliphatic carbocycles. The summed E-state index contributed by atoms with van der Waals surface area (Å²) in [6.45, 7) is 5.89. The molecule has 0 atom stereocenters. The third kappa shape index (κ3) is 2.09. The minimum absolute atomic E-state index is 0.0527. The second-order valence-corrected chi connectivity index (χ2v) is 2.99. The number of nitrogens with one attached hydrogen (secondary N) is 1. The molecule has 0 aliphatic heterocycles. The Morgan fingerprint density at radius 3 is 2.36 bits per heavy atom. The smallest absolute Gasteiger partial charge is 0.143 e. The number of hydrogen-bond acceptors (Lipinski definition) is 4. The molecule has 3 N–H and O–H groups in total. The van der Waals surface area contributed by atoms with E-state index in [2.05, 4.69) is 18.7 Å². The predicted molar refractivity (Wildman–Crippen MR) is 57.1 cm³/mol. The topological polar surface area (TPSA) is 55.7 Å². The van der Waals surface area contributed by atoms with E-state index >= 15 is 0 Å². The zero-order chi connectivity index (χ0) is 10.6. The fourth-order valence-electron chi connectivity index (χ4n) is 1.40. The third-order valence-corrected chi connectivity index (χ3v) is 2.23. The van der Waals surface area contributed by atoms with E-state index in [1.54, 1.807) is 12.1 Å². The van der Waals surface area contributed by atoms with E-state index in [1.807, 2.05) is 11.5 Å². The van der Waals surface area contributed by atoms with Gasteiger partial charge in [0.1, 0.15) is 11.4 Å². The van der Waals surface area contributed by atoms with Gasteiger partial charge in [0, 0.05) is 24.8 Å². The van der Waals surface area contributed by atoms with E-state index in [1.165, 1.54) is 0 Å². The minimum Gasteiger partial charge on any atom is -0.506 e. The first-order chi connectivity index (χ1) is 6.72. The van der Waals surface area contributed by atoms with Crippen molar-refractivity contribution in [2.24, 2.45) is 0 Å². The van der Waals surface area contributed by atoms with E-state index in [0.29, 0.717) is 5.69 Å². The molecule has 4 nitrogen and oxygen atoms in total. The van der Waals surface area contributed by atoms with Crippen molar-refractivity contribution in [3.05, 3.63) is 18.2 Å². The predicted octanol–water partition coefficient (Wildman–Crippen LogP) is 2.04. The van der Waals surface area contributed by atoms with Crippen LogP contribution in [0.3, 0.4) is 0 Å². The van der Waals surface area contributed by atoms with Crippen molar-refractivity contribution in [3.8, 4) is 5.75 Å². The van der Waals surface area contributed by atoms with Crippen molar-refractivity contribution >= 4 is 11.4 Å². The van der Waals surface area contributed by atoms with Crippen LogP contribution < -0.4 is 10.4 Å². The summed E-state index contributed by atoms with van der Waals surface area (Å²) in [5, 5.41) is 18.1. The molecule has 1 aromatic rings. The summed E-state index contributed by atoms with van der Waals surface area (Å²) in [4.78, 5) is 2.11. The molecule has 0 radical (unpaired) electrons. The molecule has 0 heterocycles. The molecule has 0 aliphatic rings. The van der Waals surface area contributed by atoms with Gasteiger partial charge in [0.05, 0.1) is 0 Å². The van der Waals surface area contributed by atoms with Crippen molar-refractivity contribution in [1.29, 1.82) is 0 Å². The molecule has 78 valence electrons. The van der Waals surface area contributed by atoms with Gasteiger partial charge in [0.15, 0.2) is 0 Å². The first-order valence-electron chi connectivity index (χ1n) is 4.71. The lowest BCUT2D eigenvalue weighted by Gasteiger charge is -2.21. The highest BCUT2D eigenvalue weighted by molar-refractivity contribution is 5.63. The van der Waals surface area contributed by atoms with Gasteiger partial charge in [-0.15, -0.1) is 0 Å². The van der Waals surface area contributed by atoms with E-state index in [-0.39, 0.29) is 5.75 Å². The van der Waals surface area contributed by atoms with Crippen molar-refractivity contribution < 1.29 is 10.3 Å². The summed E-state index contributed by atoms with van der Waals surface area (Å²) in [5.41, 5.74) is 3.20. The standard InChI is InChI=1S/C10H16N2O2/c1-3-12(4-2)8-5-6-9(11-14)10(13)7-8/h5-7,11,13-14H,3-4H2,1-2H3. The average molecular weight is 196 g/mol. The van der Waals surface area contributed by atoms with Crippen LogP contribution in [0.4, 0.5) is 11.4 Å². The minimum atomic E-state index is 0.0527. The van der Waals surface area contributed by atoms with Gasteiger partial charge in [-0.25, -0.2) is 0 Å². The zero-order valence-electron chi connectivity index (χ0n) is 8.49. The van der Waals surface area contributed by atoms with Gasteiger partial charge >= 0.3 is 0 Å². The van der Waals surface area contributed by atoms with Crippen molar-refractivity contribution in [2.45, 2.75) is 13.8 Å². The molecule has 0 saturated heterocycles. The number of anilines is 2. The summed E-state index contributed by atoms with van der Waals surface area (Å²) in [6.07, 6.45) is 0. The fourth-order valence-corrected chi connectivity index (χ4v) is 1.40. The first-order valence-corrected chi connectivity index (χ1v) is 4.71. The number of phenols is 1. The molecular formula is C10H16N2O2. The van der Waals surface area contributed by atoms with Gasteiger partial charge in [-0.05, 0) is 26.0 Å². The molecule has 0 amide bonds. The molecule has 0 saturated carbocycles. The number of rotatable bonds is 4. The molecule has 1 aromatic carbocycles. The zero-order valence-corrected chi connectivity index (χ0v) is 8.49. The lowest BCUT2D eigenvalue weighted by atomic mass is 10.2. The molecule has 0 unspecified atom stereocenters. The monoisotopic (exact) mass is 196 g/mol. The first kappa shape index (κ1) is 10.7. The number of hydrogen-bond donors (Lipinski definition) is 3. The Balaban J connectivity index is 2.95. The van der Waals surface area contributed by atoms with E-state index in [4.69, 9.17) is 5.21 Å². The van der Waals surface area contributed by atoms with Crippen molar-refractivity contribution in [2.75, 3.05) is 23.5 Å². The van der Waals surface area contributed by atoms with Crippen LogP contribution in [-0.2, 0) is 0 Å². The Hall–Kier alpha value is -1.42. The Morgan fingerprint density at radius 1 is 1.29 bits per heavy atom. The highest BCUT2D eigenvalue weighted by atomic mass is 16.5. The summed E-state index contributed by atoms with van der Waals surface area (Å²) < 4.78 is 0. The van der Waals surface area contributed by atoms with Gasteiger partial charge in [0.25, 0.3) is 0 Å². The molecule has 0 spiro atoms. The highest BCUT2D eigenvalue weighted by Gasteiger charge is 2.05. The number of phenolic OH excluding ortho intramolecular Hbond substituents is 1. The van der Waals surface area contributed by atoms with Crippen LogP contribution in [0.2, 0.25) is 0 Å². The second-order valence-electron chi connectivity index (χ2n) is 2.99. The van der Waals surface area contributed by atoms with Gasteiger partial charge in [-0.1, -0.05) is 0 Å². The molecule has 4 heteroatoms. The maximum atomic E-state index is 9.48. The largest absolute Gasteiger partial charge is 0.506 e. The Kier molecular flexibility index (Phi) is 3.59. The van der Waals surface area contributed by atoms with Crippen LogP contribution in [0.5, 0.6) is 5.75 Å². The summed E-state index contributed by atoms with van der Waals surface area (Å²) in [6, 6.07) is 5.12. The Bertz CT molecular complexity index is 298. The highest BCUT2D eigenvalue weighted by Crippen LogP contribution is 2.27. The summed E-state index contributed by atoms with van der Waals surface area (Å²) in [7, 11) is 0. The van der Waals surface area contributed by atoms with E-state index in [0.717, 1.165) is 18.8 Å². The lowest BCUT2D eigenvalue weighted by molar-refractivity contribution is 0.381. The SMILES string of the molecule is CCN(CC)c1ccc(NO)c(O)c1. The van der Waals surface area contributed by atoms with E-state index < -0.39 is 0 Å². The number of benzene rings is 1. The van der Waals surface area contributed by atoms with Gasteiger partial charge < -0.3 is 10.0 Å². The second kappa shape index (κ2) is 4.72.